The minimum atomic E-state index is -3.75. The molecule has 7 heteroatoms. The molecule has 15 heavy (non-hydrogen) atoms. The topological polar surface area (TPSA) is 75.4 Å². The molecule has 88 valence electrons. The van der Waals surface area contributed by atoms with Crippen LogP contribution in [-0.2, 0) is 10.2 Å². The highest BCUT2D eigenvalue weighted by atomic mass is 32.2. The van der Waals surface area contributed by atoms with Crippen LogP contribution in [0.1, 0.15) is 12.8 Å². The molecular weight excluding hydrogens is 221 g/mol. The molecule has 0 aromatic rings. The predicted molar refractivity (Wildman–Crippen MR) is 54.1 cm³/mol. The first-order valence-corrected chi connectivity index (χ1v) is 6.53. The molecule has 1 spiro atoms. The van der Waals surface area contributed by atoms with Crippen LogP contribution in [0.5, 0.6) is 0 Å². The summed E-state index contributed by atoms with van der Waals surface area (Å²) in [6, 6.07) is -0.0992. The highest BCUT2D eigenvalue weighted by molar-refractivity contribution is 7.86. The Hall–Kier alpha value is -0.240. The fourth-order valence-corrected chi connectivity index (χ4v) is 3.40. The molecule has 0 unspecified atom stereocenters. The first-order valence-electron chi connectivity index (χ1n) is 5.03. The van der Waals surface area contributed by atoms with Crippen molar-refractivity contribution in [2.45, 2.75) is 18.9 Å². The fraction of sp³-hybridized carbons (Fsp3) is 1.00. The Morgan fingerprint density at radius 2 is 2.07 bits per heavy atom. The van der Waals surface area contributed by atoms with Crippen molar-refractivity contribution in [3.05, 3.63) is 0 Å². The Bertz CT molecular complexity index is 334. The van der Waals surface area contributed by atoms with E-state index >= 15 is 0 Å². The average Bonchev–Trinajstić information content (AvgIpc) is 1.95. The number of nitrogens with two attached hydrogens (primary N) is 1. The molecule has 1 aliphatic carbocycles. The number of halogens is 1. The first kappa shape index (κ1) is 11.3. The molecule has 1 aliphatic heterocycles. The third-order valence-electron chi connectivity index (χ3n) is 3.38. The van der Waals surface area contributed by atoms with Crippen LogP contribution in [0.2, 0.25) is 0 Å². The molecule has 2 rings (SSSR count). The molecule has 0 atom stereocenters. The van der Waals surface area contributed by atoms with E-state index in [0.29, 0.717) is 0 Å². The SMILES string of the molecule is NS(=O)(=O)N(CCF)C1CC2(CNC2)C1. The molecular formula is C8H16FN3O2S. The van der Waals surface area contributed by atoms with Gasteiger partial charge >= 0.3 is 0 Å². The summed E-state index contributed by atoms with van der Waals surface area (Å²) < 4.78 is 35.7. The van der Waals surface area contributed by atoms with Gasteiger partial charge in [-0.25, -0.2) is 9.53 Å². The van der Waals surface area contributed by atoms with Crippen molar-refractivity contribution in [3.63, 3.8) is 0 Å². The maximum Gasteiger partial charge on any atom is 0.277 e. The molecule has 0 aromatic carbocycles. The minimum absolute atomic E-state index is 0.0992. The third-order valence-corrected chi connectivity index (χ3v) is 4.51. The lowest BCUT2D eigenvalue weighted by Crippen LogP contribution is -2.66. The second kappa shape index (κ2) is 3.65. The summed E-state index contributed by atoms with van der Waals surface area (Å²) in [6.45, 7) is 1.08. The quantitative estimate of drug-likeness (QED) is 0.673. The van der Waals surface area contributed by atoms with Gasteiger partial charge in [-0.1, -0.05) is 0 Å². The minimum Gasteiger partial charge on any atom is -0.316 e. The van der Waals surface area contributed by atoms with Gasteiger partial charge in [-0.2, -0.15) is 12.7 Å². The standard InChI is InChI=1S/C8H16FN3O2S/c9-1-2-12(15(10,13)14)7-3-8(4-7)5-11-6-8/h7,11H,1-6H2,(H2,10,13,14). The number of alkyl halides is 1. The van der Waals surface area contributed by atoms with Gasteiger partial charge in [-0.15, -0.1) is 0 Å². The lowest BCUT2D eigenvalue weighted by atomic mass is 9.61. The van der Waals surface area contributed by atoms with E-state index in [0.717, 1.165) is 30.2 Å². The van der Waals surface area contributed by atoms with Crippen molar-refractivity contribution >= 4 is 10.2 Å². The molecule has 1 saturated heterocycles. The van der Waals surface area contributed by atoms with E-state index in [4.69, 9.17) is 5.14 Å². The van der Waals surface area contributed by atoms with Gasteiger partial charge in [0.1, 0.15) is 6.67 Å². The lowest BCUT2D eigenvalue weighted by Gasteiger charge is -2.56. The van der Waals surface area contributed by atoms with Crippen molar-refractivity contribution in [1.82, 2.24) is 9.62 Å². The monoisotopic (exact) mass is 237 g/mol. The van der Waals surface area contributed by atoms with Crippen LogP contribution in [0.25, 0.3) is 0 Å². The summed E-state index contributed by atoms with van der Waals surface area (Å²) in [5.41, 5.74) is 0.268. The van der Waals surface area contributed by atoms with E-state index in [9.17, 15) is 12.8 Å². The van der Waals surface area contributed by atoms with Crippen LogP contribution >= 0.6 is 0 Å². The van der Waals surface area contributed by atoms with E-state index in [-0.39, 0.29) is 18.0 Å². The summed E-state index contributed by atoms with van der Waals surface area (Å²) in [6.07, 6.45) is 1.60. The van der Waals surface area contributed by atoms with Gasteiger partial charge in [0, 0.05) is 25.7 Å². The molecule has 0 aromatic heterocycles. The lowest BCUT2D eigenvalue weighted by molar-refractivity contribution is -0.00767. The van der Waals surface area contributed by atoms with Gasteiger partial charge in [0.05, 0.1) is 0 Å². The van der Waals surface area contributed by atoms with Gasteiger partial charge in [-0.3, -0.25) is 0 Å². The number of rotatable bonds is 4. The summed E-state index contributed by atoms with van der Waals surface area (Å²) in [7, 11) is -3.75. The van der Waals surface area contributed by atoms with E-state index in [1.807, 2.05) is 0 Å². The van der Waals surface area contributed by atoms with Crippen molar-refractivity contribution in [3.8, 4) is 0 Å². The number of nitrogens with zero attached hydrogens (tertiary/aromatic N) is 1. The molecule has 0 bridgehead atoms. The molecule has 5 nitrogen and oxygen atoms in total. The van der Waals surface area contributed by atoms with Crippen LogP contribution in [0, 0.1) is 5.41 Å². The molecule has 2 aliphatic rings. The summed E-state index contributed by atoms with van der Waals surface area (Å²) in [4.78, 5) is 0. The largest absolute Gasteiger partial charge is 0.316 e. The van der Waals surface area contributed by atoms with Gasteiger partial charge in [0.15, 0.2) is 0 Å². The normalized spacial score (nSPS) is 25.3. The zero-order valence-electron chi connectivity index (χ0n) is 8.45. The second-order valence-electron chi connectivity index (χ2n) is 4.51. The fourth-order valence-electron chi connectivity index (χ4n) is 2.51. The summed E-state index contributed by atoms with van der Waals surface area (Å²) >= 11 is 0. The van der Waals surface area contributed by atoms with E-state index in [1.165, 1.54) is 0 Å². The van der Waals surface area contributed by atoms with E-state index < -0.39 is 16.9 Å². The van der Waals surface area contributed by atoms with Crippen LogP contribution in [0.3, 0.4) is 0 Å². The third kappa shape index (κ3) is 2.01. The first-order chi connectivity index (χ1) is 6.97. The zero-order chi connectivity index (χ0) is 11.1. The molecule has 0 radical (unpaired) electrons. The summed E-state index contributed by atoms with van der Waals surface area (Å²) in [5, 5.41) is 8.20. The number of nitrogens with one attached hydrogen (secondary N) is 1. The smallest absolute Gasteiger partial charge is 0.277 e. The summed E-state index contributed by atoms with van der Waals surface area (Å²) in [5.74, 6) is 0. The van der Waals surface area contributed by atoms with Crippen LogP contribution in [0.4, 0.5) is 4.39 Å². The number of hydrogen-bond acceptors (Lipinski definition) is 3. The maximum atomic E-state index is 12.2. The Balaban J connectivity index is 1.96. The van der Waals surface area contributed by atoms with Crippen molar-refractivity contribution in [2.75, 3.05) is 26.3 Å². The zero-order valence-corrected chi connectivity index (χ0v) is 9.26. The Morgan fingerprint density at radius 1 is 1.47 bits per heavy atom. The van der Waals surface area contributed by atoms with Gasteiger partial charge in [-0.05, 0) is 18.3 Å². The van der Waals surface area contributed by atoms with Crippen molar-refractivity contribution in [1.29, 1.82) is 0 Å². The van der Waals surface area contributed by atoms with Crippen LogP contribution in [-0.4, -0.2) is 45.1 Å². The van der Waals surface area contributed by atoms with Crippen LogP contribution in [0.15, 0.2) is 0 Å². The Morgan fingerprint density at radius 3 is 2.40 bits per heavy atom. The van der Waals surface area contributed by atoms with Crippen LogP contribution < -0.4 is 10.5 Å². The Kier molecular flexibility index (Phi) is 2.74. The molecule has 1 saturated carbocycles. The molecule has 3 N–H and O–H groups in total. The highest BCUT2D eigenvalue weighted by Crippen LogP contribution is 2.46. The molecule has 2 fully saturated rings. The molecule has 0 amide bonds. The van der Waals surface area contributed by atoms with Gasteiger partial charge < -0.3 is 5.32 Å². The van der Waals surface area contributed by atoms with Crippen molar-refractivity contribution < 1.29 is 12.8 Å². The maximum absolute atomic E-state index is 12.2. The predicted octanol–water partition coefficient (Wildman–Crippen LogP) is -0.787. The molecule has 1 heterocycles. The Labute approximate surface area is 89.0 Å². The average molecular weight is 237 g/mol. The highest BCUT2D eigenvalue weighted by Gasteiger charge is 2.51. The van der Waals surface area contributed by atoms with Crippen molar-refractivity contribution in [2.24, 2.45) is 10.6 Å². The van der Waals surface area contributed by atoms with E-state index in [2.05, 4.69) is 5.32 Å². The number of hydrogen-bond donors (Lipinski definition) is 2. The van der Waals surface area contributed by atoms with Gasteiger partial charge in [0.25, 0.3) is 10.2 Å². The van der Waals surface area contributed by atoms with Gasteiger partial charge in [0.2, 0.25) is 0 Å². The van der Waals surface area contributed by atoms with E-state index in [1.54, 1.807) is 0 Å². The second-order valence-corrected chi connectivity index (χ2v) is 6.01.